The Kier molecular flexibility index (Phi) is 6.20. The molecule has 0 amide bonds. The fraction of sp³-hybridized carbons (Fsp3) is 0.500. The van der Waals surface area contributed by atoms with Gasteiger partial charge in [-0.15, -0.1) is 0 Å². The molecule has 21 heavy (non-hydrogen) atoms. The Hall–Kier alpha value is -1.10. The predicted octanol–water partition coefficient (Wildman–Crippen LogP) is 1.63. The molecule has 0 aliphatic rings. The van der Waals surface area contributed by atoms with Gasteiger partial charge in [-0.3, -0.25) is 0 Å². The number of ether oxygens (including phenoxy) is 1. The molecule has 0 aliphatic heterocycles. The van der Waals surface area contributed by atoms with Crippen molar-refractivity contribution < 1.29 is 26.3 Å². The zero-order chi connectivity index (χ0) is 16.1. The van der Waals surface area contributed by atoms with Gasteiger partial charge in [0, 0.05) is 19.8 Å². The Bertz CT molecular complexity index is 581. The number of aromatic nitrogens is 1. The van der Waals surface area contributed by atoms with Gasteiger partial charge in [0.2, 0.25) is 10.0 Å². The summed E-state index contributed by atoms with van der Waals surface area (Å²) >= 11 is 5.80. The average Bonchev–Trinajstić information content (AvgIpc) is 2.36. The number of nitrogens with zero attached hydrogens (tertiary/aromatic N) is 1. The summed E-state index contributed by atoms with van der Waals surface area (Å²) < 4.78 is 65.5. The SMILES string of the molecule is CNc1ncc(S(=O)(=O)NCCOCC(F)(F)F)cc1Cl. The lowest BCUT2D eigenvalue weighted by atomic mass is 10.4. The second kappa shape index (κ2) is 7.25. The molecule has 0 aliphatic carbocycles. The van der Waals surface area contributed by atoms with Crippen LogP contribution in [0.1, 0.15) is 0 Å². The van der Waals surface area contributed by atoms with Crippen molar-refractivity contribution in [3.05, 3.63) is 17.3 Å². The van der Waals surface area contributed by atoms with Gasteiger partial charge in [-0.25, -0.2) is 18.1 Å². The molecule has 0 saturated carbocycles. The molecule has 6 nitrogen and oxygen atoms in total. The van der Waals surface area contributed by atoms with Crippen molar-refractivity contribution in [3.63, 3.8) is 0 Å². The topological polar surface area (TPSA) is 80.3 Å². The van der Waals surface area contributed by atoms with Crippen molar-refractivity contribution in [2.45, 2.75) is 11.1 Å². The maximum absolute atomic E-state index is 11.8. The van der Waals surface area contributed by atoms with Crippen LogP contribution in [0.25, 0.3) is 0 Å². The number of nitrogens with one attached hydrogen (secondary N) is 2. The molecule has 0 aromatic carbocycles. The molecule has 0 spiro atoms. The van der Waals surface area contributed by atoms with Crippen LogP contribution in [-0.4, -0.2) is 46.4 Å². The Morgan fingerprint density at radius 1 is 1.43 bits per heavy atom. The first-order valence-electron chi connectivity index (χ1n) is 5.63. The summed E-state index contributed by atoms with van der Waals surface area (Å²) in [6.07, 6.45) is -3.37. The van der Waals surface area contributed by atoms with Crippen LogP contribution in [0.15, 0.2) is 17.2 Å². The van der Waals surface area contributed by atoms with E-state index in [2.05, 4.69) is 19.8 Å². The second-order valence-corrected chi connectivity index (χ2v) is 5.99. The summed E-state index contributed by atoms with van der Waals surface area (Å²) in [7, 11) is -2.34. The molecule has 1 aromatic rings. The van der Waals surface area contributed by atoms with Crippen LogP contribution in [0.5, 0.6) is 0 Å². The molecule has 0 saturated heterocycles. The van der Waals surface area contributed by atoms with E-state index in [-0.39, 0.29) is 16.5 Å². The first-order chi connectivity index (χ1) is 9.65. The molecule has 0 bridgehead atoms. The van der Waals surface area contributed by atoms with E-state index in [0.717, 1.165) is 6.20 Å². The van der Waals surface area contributed by atoms with E-state index in [1.165, 1.54) is 6.07 Å². The van der Waals surface area contributed by atoms with Crippen molar-refractivity contribution >= 4 is 27.4 Å². The molecule has 2 N–H and O–H groups in total. The van der Waals surface area contributed by atoms with Gasteiger partial charge < -0.3 is 10.1 Å². The summed E-state index contributed by atoms with van der Waals surface area (Å²) in [5.41, 5.74) is 0. The number of alkyl halides is 3. The Morgan fingerprint density at radius 2 is 2.10 bits per heavy atom. The number of sulfonamides is 1. The van der Waals surface area contributed by atoms with Crippen LogP contribution in [0.2, 0.25) is 5.02 Å². The van der Waals surface area contributed by atoms with Gasteiger partial charge in [-0.2, -0.15) is 13.2 Å². The van der Waals surface area contributed by atoms with Crippen molar-refractivity contribution in [3.8, 4) is 0 Å². The quantitative estimate of drug-likeness (QED) is 0.733. The normalized spacial score (nSPS) is 12.4. The van der Waals surface area contributed by atoms with Gasteiger partial charge in [0.1, 0.15) is 17.3 Å². The lowest BCUT2D eigenvalue weighted by Gasteiger charge is -2.10. The van der Waals surface area contributed by atoms with Crippen LogP contribution in [0.3, 0.4) is 0 Å². The molecule has 0 unspecified atom stereocenters. The van der Waals surface area contributed by atoms with Gasteiger partial charge in [0.15, 0.2) is 0 Å². The molecule has 1 heterocycles. The maximum atomic E-state index is 11.8. The Balaban J connectivity index is 2.56. The molecular weight excluding hydrogens is 335 g/mol. The number of rotatable bonds is 7. The molecule has 0 atom stereocenters. The van der Waals surface area contributed by atoms with E-state index in [9.17, 15) is 21.6 Å². The monoisotopic (exact) mass is 347 g/mol. The third kappa shape index (κ3) is 6.04. The van der Waals surface area contributed by atoms with Crippen LogP contribution in [0, 0.1) is 0 Å². The summed E-state index contributed by atoms with van der Waals surface area (Å²) in [4.78, 5) is 3.61. The summed E-state index contributed by atoms with van der Waals surface area (Å²) in [5, 5.41) is 2.77. The highest BCUT2D eigenvalue weighted by Gasteiger charge is 2.27. The molecule has 11 heteroatoms. The smallest absolute Gasteiger partial charge is 0.372 e. The van der Waals surface area contributed by atoms with E-state index < -0.39 is 29.4 Å². The standard InChI is InChI=1S/C10H13ClF3N3O3S/c1-15-9-8(11)4-7(5-16-9)21(18,19)17-2-3-20-6-10(12,13)14/h4-5,17H,2-3,6H2,1H3,(H,15,16). The second-order valence-electron chi connectivity index (χ2n) is 3.82. The van der Waals surface area contributed by atoms with E-state index in [0.29, 0.717) is 5.82 Å². The Labute approximate surface area is 124 Å². The number of pyridine rings is 1. The van der Waals surface area contributed by atoms with Crippen LogP contribution >= 0.6 is 11.6 Å². The highest BCUT2D eigenvalue weighted by atomic mass is 35.5. The fourth-order valence-corrected chi connectivity index (χ4v) is 2.58. The molecule has 0 fully saturated rings. The van der Waals surface area contributed by atoms with Crippen molar-refractivity contribution in [1.82, 2.24) is 9.71 Å². The summed E-state index contributed by atoms with van der Waals surface area (Å²) in [6, 6.07) is 1.18. The van der Waals surface area contributed by atoms with Crippen molar-refractivity contribution in [1.29, 1.82) is 0 Å². The first-order valence-corrected chi connectivity index (χ1v) is 7.49. The van der Waals surface area contributed by atoms with E-state index in [4.69, 9.17) is 11.6 Å². The highest BCUT2D eigenvalue weighted by Crippen LogP contribution is 2.21. The van der Waals surface area contributed by atoms with Crippen LogP contribution < -0.4 is 10.0 Å². The summed E-state index contributed by atoms with van der Waals surface area (Å²) in [5.74, 6) is 0.309. The minimum atomic E-state index is -4.45. The molecule has 120 valence electrons. The zero-order valence-electron chi connectivity index (χ0n) is 10.9. The minimum absolute atomic E-state index is 0.105. The van der Waals surface area contributed by atoms with Gasteiger partial charge in [0.05, 0.1) is 11.6 Å². The third-order valence-electron chi connectivity index (χ3n) is 2.17. The lowest BCUT2D eigenvalue weighted by molar-refractivity contribution is -0.173. The van der Waals surface area contributed by atoms with E-state index >= 15 is 0 Å². The van der Waals surface area contributed by atoms with Gasteiger partial charge in [0.25, 0.3) is 0 Å². The first kappa shape index (κ1) is 18.0. The van der Waals surface area contributed by atoms with Crippen molar-refractivity contribution in [2.24, 2.45) is 0 Å². The third-order valence-corrected chi connectivity index (χ3v) is 3.88. The minimum Gasteiger partial charge on any atom is -0.372 e. The fourth-order valence-electron chi connectivity index (χ4n) is 1.27. The van der Waals surface area contributed by atoms with Gasteiger partial charge in [-0.1, -0.05) is 11.6 Å². The van der Waals surface area contributed by atoms with Crippen molar-refractivity contribution in [2.75, 3.05) is 32.1 Å². The highest BCUT2D eigenvalue weighted by molar-refractivity contribution is 7.89. The molecule has 0 radical (unpaired) electrons. The molecular formula is C10H13ClF3N3O3S. The van der Waals surface area contributed by atoms with E-state index in [1.807, 2.05) is 0 Å². The van der Waals surface area contributed by atoms with Crippen LogP contribution in [0.4, 0.5) is 19.0 Å². The predicted molar refractivity (Wildman–Crippen MR) is 70.9 cm³/mol. The lowest BCUT2D eigenvalue weighted by Crippen LogP contribution is -2.29. The van der Waals surface area contributed by atoms with Gasteiger partial charge >= 0.3 is 6.18 Å². The number of halogens is 4. The van der Waals surface area contributed by atoms with E-state index in [1.54, 1.807) is 7.05 Å². The number of hydrogen-bond acceptors (Lipinski definition) is 5. The molecule has 1 rings (SSSR count). The number of hydrogen-bond donors (Lipinski definition) is 2. The largest absolute Gasteiger partial charge is 0.411 e. The summed E-state index contributed by atoms with van der Waals surface area (Å²) in [6.45, 7) is -2.14. The Morgan fingerprint density at radius 3 is 2.62 bits per heavy atom. The van der Waals surface area contributed by atoms with Gasteiger partial charge in [-0.05, 0) is 6.07 Å². The maximum Gasteiger partial charge on any atom is 0.411 e. The average molecular weight is 348 g/mol. The number of anilines is 1. The molecule has 1 aromatic heterocycles. The zero-order valence-corrected chi connectivity index (χ0v) is 12.4. The van der Waals surface area contributed by atoms with Crippen LogP contribution in [-0.2, 0) is 14.8 Å².